The van der Waals surface area contributed by atoms with Crippen molar-refractivity contribution >= 4 is 23.3 Å². The zero-order valence-electron chi connectivity index (χ0n) is 14.3. The number of anilines is 1. The van der Waals surface area contributed by atoms with Crippen LogP contribution in [0.5, 0.6) is 0 Å². The number of terminal acetylenes is 1. The second-order valence-corrected chi connectivity index (χ2v) is 7.03. The van der Waals surface area contributed by atoms with Crippen molar-refractivity contribution in [1.29, 1.82) is 0 Å². The molecule has 23 heavy (non-hydrogen) atoms. The SMILES string of the molecule is C#CC(C)(C)NC(=O)c1ccc(Cl)nc1NCCOC(C)(C)C. The lowest BCUT2D eigenvalue weighted by atomic mass is 10.1. The normalized spacial score (nSPS) is 11.7. The molecule has 0 saturated heterocycles. The van der Waals surface area contributed by atoms with Crippen LogP contribution in [0, 0.1) is 12.3 Å². The van der Waals surface area contributed by atoms with Crippen LogP contribution < -0.4 is 10.6 Å². The number of hydrogen-bond acceptors (Lipinski definition) is 4. The summed E-state index contributed by atoms with van der Waals surface area (Å²) in [4.78, 5) is 16.6. The number of carbonyl (C=O) groups excluding carboxylic acids is 1. The van der Waals surface area contributed by atoms with Gasteiger partial charge in [-0.05, 0) is 46.8 Å². The molecule has 0 aliphatic rings. The average Bonchev–Trinajstić information content (AvgIpc) is 2.42. The Kier molecular flexibility index (Phi) is 6.43. The van der Waals surface area contributed by atoms with Gasteiger partial charge in [0.15, 0.2) is 0 Å². The summed E-state index contributed by atoms with van der Waals surface area (Å²) < 4.78 is 5.63. The Morgan fingerprint density at radius 1 is 1.35 bits per heavy atom. The van der Waals surface area contributed by atoms with Crippen LogP contribution in [-0.2, 0) is 4.74 Å². The first kappa shape index (κ1) is 19.3. The average molecular weight is 338 g/mol. The number of rotatable bonds is 6. The number of halogens is 1. The number of aromatic nitrogens is 1. The fourth-order valence-corrected chi connectivity index (χ4v) is 1.81. The van der Waals surface area contributed by atoms with E-state index < -0.39 is 5.54 Å². The second-order valence-electron chi connectivity index (χ2n) is 6.64. The maximum Gasteiger partial charge on any atom is 0.256 e. The quantitative estimate of drug-likeness (QED) is 0.475. The molecule has 0 bridgehead atoms. The van der Waals surface area contributed by atoms with Crippen LogP contribution in [0.15, 0.2) is 12.1 Å². The van der Waals surface area contributed by atoms with Gasteiger partial charge in [0.2, 0.25) is 0 Å². The molecule has 0 aliphatic heterocycles. The third kappa shape index (κ3) is 6.89. The van der Waals surface area contributed by atoms with Crippen LogP contribution >= 0.6 is 11.6 Å². The number of pyridine rings is 1. The molecule has 0 spiro atoms. The molecule has 0 fully saturated rings. The summed E-state index contributed by atoms with van der Waals surface area (Å²) in [6.07, 6.45) is 5.40. The summed E-state index contributed by atoms with van der Waals surface area (Å²) in [5.41, 5.74) is -0.586. The molecule has 6 heteroatoms. The number of amides is 1. The lowest BCUT2D eigenvalue weighted by Gasteiger charge is -2.21. The molecule has 0 radical (unpaired) electrons. The highest BCUT2D eigenvalue weighted by molar-refractivity contribution is 6.29. The van der Waals surface area contributed by atoms with Gasteiger partial charge < -0.3 is 15.4 Å². The van der Waals surface area contributed by atoms with E-state index in [-0.39, 0.29) is 11.5 Å². The Morgan fingerprint density at radius 3 is 2.57 bits per heavy atom. The van der Waals surface area contributed by atoms with Gasteiger partial charge in [-0.3, -0.25) is 4.79 Å². The van der Waals surface area contributed by atoms with Gasteiger partial charge in [-0.2, -0.15) is 0 Å². The Labute approximate surface area is 143 Å². The summed E-state index contributed by atoms with van der Waals surface area (Å²) in [5.74, 6) is 2.62. The van der Waals surface area contributed by atoms with E-state index in [1.165, 1.54) is 0 Å². The molecule has 0 atom stereocenters. The minimum atomic E-state index is -0.747. The minimum absolute atomic E-state index is 0.222. The topological polar surface area (TPSA) is 63.2 Å². The summed E-state index contributed by atoms with van der Waals surface area (Å²) in [5, 5.41) is 6.15. The number of carbonyl (C=O) groups is 1. The maximum absolute atomic E-state index is 12.4. The maximum atomic E-state index is 12.4. The summed E-state index contributed by atoms with van der Waals surface area (Å²) in [6.45, 7) is 10.4. The van der Waals surface area contributed by atoms with Gasteiger partial charge in [0.05, 0.1) is 23.3 Å². The van der Waals surface area contributed by atoms with Crippen molar-refractivity contribution < 1.29 is 9.53 Å². The third-order valence-electron chi connectivity index (χ3n) is 2.82. The lowest BCUT2D eigenvalue weighted by Crippen LogP contribution is -2.42. The predicted octanol–water partition coefficient (Wildman–Crippen LogP) is 3.10. The first-order valence-corrected chi connectivity index (χ1v) is 7.76. The molecule has 1 amide bonds. The Balaban J connectivity index is 2.81. The summed E-state index contributed by atoms with van der Waals surface area (Å²) >= 11 is 5.92. The van der Waals surface area contributed by atoms with Crippen molar-refractivity contribution in [2.24, 2.45) is 0 Å². The van der Waals surface area contributed by atoms with Gasteiger partial charge >= 0.3 is 0 Å². The van der Waals surface area contributed by atoms with Crippen molar-refractivity contribution in [3.63, 3.8) is 0 Å². The number of hydrogen-bond donors (Lipinski definition) is 2. The van der Waals surface area contributed by atoms with Crippen molar-refractivity contribution in [2.45, 2.75) is 45.8 Å². The van der Waals surface area contributed by atoms with Gasteiger partial charge in [0.25, 0.3) is 5.91 Å². The predicted molar refractivity (Wildman–Crippen MR) is 93.8 cm³/mol. The zero-order chi connectivity index (χ0) is 17.7. The summed E-state index contributed by atoms with van der Waals surface area (Å²) in [6, 6.07) is 3.18. The van der Waals surface area contributed by atoms with Gasteiger partial charge in [-0.25, -0.2) is 4.98 Å². The molecule has 5 nitrogen and oxygen atoms in total. The van der Waals surface area contributed by atoms with E-state index in [0.717, 1.165) is 0 Å². The third-order valence-corrected chi connectivity index (χ3v) is 3.03. The number of ether oxygens (including phenoxy) is 1. The Hall–Kier alpha value is -1.77. The van der Waals surface area contributed by atoms with Crippen molar-refractivity contribution in [2.75, 3.05) is 18.5 Å². The van der Waals surface area contributed by atoms with Gasteiger partial charge in [0, 0.05) is 6.54 Å². The lowest BCUT2D eigenvalue weighted by molar-refractivity contribution is 0.00329. The monoisotopic (exact) mass is 337 g/mol. The highest BCUT2D eigenvalue weighted by Gasteiger charge is 2.21. The molecule has 1 aromatic heterocycles. The smallest absolute Gasteiger partial charge is 0.256 e. The van der Waals surface area contributed by atoms with E-state index in [1.807, 2.05) is 20.8 Å². The summed E-state index contributed by atoms with van der Waals surface area (Å²) in [7, 11) is 0. The van der Waals surface area contributed by atoms with E-state index in [1.54, 1.807) is 26.0 Å². The van der Waals surface area contributed by atoms with Crippen LogP contribution in [0.1, 0.15) is 45.0 Å². The fraction of sp³-hybridized carbons (Fsp3) is 0.529. The van der Waals surface area contributed by atoms with E-state index in [2.05, 4.69) is 21.5 Å². The largest absolute Gasteiger partial charge is 0.374 e. The van der Waals surface area contributed by atoms with Gasteiger partial charge in [0.1, 0.15) is 11.0 Å². The van der Waals surface area contributed by atoms with E-state index in [0.29, 0.717) is 29.7 Å². The van der Waals surface area contributed by atoms with Crippen LogP contribution in [0.25, 0.3) is 0 Å². The molecule has 0 saturated carbocycles. The molecule has 1 aromatic rings. The first-order valence-electron chi connectivity index (χ1n) is 7.39. The van der Waals surface area contributed by atoms with Crippen molar-refractivity contribution in [3.05, 3.63) is 22.8 Å². The fourth-order valence-electron chi connectivity index (χ4n) is 1.67. The highest BCUT2D eigenvalue weighted by atomic mass is 35.5. The van der Waals surface area contributed by atoms with E-state index in [9.17, 15) is 4.79 Å². The Bertz CT molecular complexity index is 601. The number of nitrogens with zero attached hydrogens (tertiary/aromatic N) is 1. The van der Waals surface area contributed by atoms with Gasteiger partial charge in [-0.15, -0.1) is 6.42 Å². The molecule has 2 N–H and O–H groups in total. The van der Waals surface area contributed by atoms with Gasteiger partial charge in [-0.1, -0.05) is 17.5 Å². The molecule has 0 aliphatic carbocycles. The zero-order valence-corrected chi connectivity index (χ0v) is 15.0. The van der Waals surface area contributed by atoms with E-state index in [4.69, 9.17) is 22.8 Å². The molecule has 0 unspecified atom stereocenters. The first-order chi connectivity index (χ1) is 10.5. The molecule has 0 aromatic carbocycles. The molecule has 1 heterocycles. The standard InChI is InChI=1S/C17H24ClN3O2/c1-7-17(5,6)21-15(22)12-8-9-13(18)20-14(12)19-10-11-23-16(2,3)4/h1,8-9H,10-11H2,2-6H3,(H,19,20)(H,21,22). The molecular formula is C17H24ClN3O2. The van der Waals surface area contributed by atoms with Crippen molar-refractivity contribution in [1.82, 2.24) is 10.3 Å². The minimum Gasteiger partial charge on any atom is -0.374 e. The van der Waals surface area contributed by atoms with Crippen LogP contribution in [0.2, 0.25) is 5.15 Å². The van der Waals surface area contributed by atoms with E-state index >= 15 is 0 Å². The molecule has 126 valence electrons. The molecule has 1 rings (SSSR count). The van der Waals surface area contributed by atoms with Crippen molar-refractivity contribution in [3.8, 4) is 12.3 Å². The highest BCUT2D eigenvalue weighted by Crippen LogP contribution is 2.17. The molecular weight excluding hydrogens is 314 g/mol. The second kappa shape index (κ2) is 7.67. The number of nitrogens with one attached hydrogen (secondary N) is 2. The van der Waals surface area contributed by atoms with Crippen LogP contribution in [-0.4, -0.2) is 35.2 Å². The van der Waals surface area contributed by atoms with Crippen LogP contribution in [0.4, 0.5) is 5.82 Å². The van der Waals surface area contributed by atoms with Crippen LogP contribution in [0.3, 0.4) is 0 Å². The Morgan fingerprint density at radius 2 is 2.00 bits per heavy atom.